The minimum atomic E-state index is -0.772. The molecule has 0 aliphatic rings. The number of esters is 1. The van der Waals surface area contributed by atoms with E-state index in [1.165, 1.54) is 22.2 Å². The third-order valence-corrected chi connectivity index (χ3v) is 6.85. The van der Waals surface area contributed by atoms with Gasteiger partial charge in [-0.05, 0) is 25.8 Å². The number of rotatable bonds is 7. The van der Waals surface area contributed by atoms with Crippen LogP contribution in [-0.2, 0) is 9.53 Å². The van der Waals surface area contributed by atoms with Gasteiger partial charge < -0.3 is 4.74 Å². The molecule has 3 heterocycles. The Morgan fingerprint density at radius 1 is 1.23 bits per heavy atom. The fourth-order valence-corrected chi connectivity index (χ4v) is 4.75. The number of hydrogen-bond acceptors (Lipinski definition) is 9. The summed E-state index contributed by atoms with van der Waals surface area (Å²) in [6, 6.07) is -0.772. The van der Waals surface area contributed by atoms with Crippen molar-refractivity contribution in [3.05, 3.63) is 32.1 Å². The zero-order valence-corrected chi connectivity index (χ0v) is 19.0. The lowest BCUT2D eigenvalue weighted by molar-refractivity contribution is -0.119. The summed E-state index contributed by atoms with van der Waals surface area (Å²) < 4.78 is 6.36. The average molecular weight is 450 g/mol. The molecule has 0 aliphatic carbocycles. The zero-order chi connectivity index (χ0) is 22.0. The van der Waals surface area contributed by atoms with Crippen molar-refractivity contribution in [2.75, 3.05) is 11.9 Å². The lowest BCUT2D eigenvalue weighted by Gasteiger charge is -2.16. The monoisotopic (exact) mass is 449 g/mol. The number of carbonyl (C=O) groups excluding carboxylic acids is 2. The van der Waals surface area contributed by atoms with E-state index >= 15 is 0 Å². The van der Waals surface area contributed by atoms with Crippen LogP contribution < -0.4 is 10.9 Å². The van der Waals surface area contributed by atoms with Crippen molar-refractivity contribution in [2.24, 2.45) is 0 Å². The highest BCUT2D eigenvalue weighted by atomic mass is 32.1. The number of thiophene rings is 1. The van der Waals surface area contributed by atoms with Gasteiger partial charge in [0.2, 0.25) is 11.0 Å². The van der Waals surface area contributed by atoms with Gasteiger partial charge >= 0.3 is 5.97 Å². The van der Waals surface area contributed by atoms with E-state index in [0.717, 1.165) is 16.3 Å². The molecule has 0 spiro atoms. The summed E-state index contributed by atoms with van der Waals surface area (Å²) in [5, 5.41) is 12.3. The van der Waals surface area contributed by atoms with Crippen LogP contribution in [0, 0.1) is 6.92 Å². The van der Waals surface area contributed by atoms with E-state index in [1.807, 2.05) is 20.8 Å². The maximum atomic E-state index is 13.2. The number of anilines is 1. The Bertz CT molecular complexity index is 1150. The Labute approximate surface area is 181 Å². The fourth-order valence-electron chi connectivity index (χ4n) is 2.97. The Hall–Kier alpha value is -2.66. The molecule has 11 heteroatoms. The lowest BCUT2D eigenvalue weighted by atomic mass is 10.2. The molecule has 3 aromatic heterocycles. The topological polar surface area (TPSA) is 116 Å². The largest absolute Gasteiger partial charge is 0.462 e. The zero-order valence-electron chi connectivity index (χ0n) is 17.4. The van der Waals surface area contributed by atoms with Gasteiger partial charge in [-0.3, -0.25) is 19.5 Å². The van der Waals surface area contributed by atoms with Crippen LogP contribution in [0.5, 0.6) is 0 Å². The van der Waals surface area contributed by atoms with Crippen LogP contribution in [0.1, 0.15) is 66.3 Å². The van der Waals surface area contributed by atoms with Gasteiger partial charge in [-0.25, -0.2) is 9.78 Å². The smallest absolute Gasteiger partial charge is 0.348 e. The first-order chi connectivity index (χ1) is 14.3. The Morgan fingerprint density at radius 3 is 2.57 bits per heavy atom. The number of amides is 1. The standard InChI is InChI=1S/C19H23N5O4S2/c1-6-11(14(25)21-19-23-22-15(30-19)9(3)4)24-8-20-16-12(17(24)26)10(5)13(29-16)18(27)28-7-2/h8-9,11H,6-7H2,1-5H3,(H,21,23,25). The molecule has 0 saturated carbocycles. The predicted molar refractivity (Wildman–Crippen MR) is 117 cm³/mol. The van der Waals surface area contributed by atoms with Crippen LogP contribution in [0.25, 0.3) is 10.2 Å². The highest BCUT2D eigenvalue weighted by Crippen LogP contribution is 2.28. The number of carbonyl (C=O) groups is 2. The molecule has 9 nitrogen and oxygen atoms in total. The van der Waals surface area contributed by atoms with Crippen molar-refractivity contribution in [1.29, 1.82) is 0 Å². The first kappa shape index (κ1) is 22.0. The molecule has 0 fully saturated rings. The summed E-state index contributed by atoms with van der Waals surface area (Å²) in [7, 11) is 0. The molecule has 0 radical (unpaired) electrons. The van der Waals surface area contributed by atoms with Gasteiger partial charge in [0, 0.05) is 5.92 Å². The third-order valence-electron chi connectivity index (χ3n) is 4.53. The summed E-state index contributed by atoms with van der Waals surface area (Å²) in [5.41, 5.74) is 0.146. The first-order valence-corrected chi connectivity index (χ1v) is 11.2. The summed E-state index contributed by atoms with van der Waals surface area (Å²) in [4.78, 5) is 43.3. The maximum Gasteiger partial charge on any atom is 0.348 e. The quantitative estimate of drug-likeness (QED) is 0.549. The molecule has 160 valence electrons. The van der Waals surface area contributed by atoms with Crippen LogP contribution in [0.15, 0.2) is 11.1 Å². The van der Waals surface area contributed by atoms with Gasteiger partial charge in [0.1, 0.15) is 20.8 Å². The number of hydrogen-bond donors (Lipinski definition) is 1. The van der Waals surface area contributed by atoms with Crippen LogP contribution >= 0.6 is 22.7 Å². The van der Waals surface area contributed by atoms with E-state index in [4.69, 9.17) is 4.74 Å². The second-order valence-electron chi connectivity index (χ2n) is 6.93. The van der Waals surface area contributed by atoms with E-state index in [-0.39, 0.29) is 24.0 Å². The average Bonchev–Trinajstić information content (AvgIpc) is 3.29. The van der Waals surface area contributed by atoms with Gasteiger partial charge in [0.15, 0.2) is 0 Å². The molecule has 0 aromatic carbocycles. The Kier molecular flexibility index (Phi) is 6.61. The second-order valence-corrected chi connectivity index (χ2v) is 8.94. The van der Waals surface area contributed by atoms with Crippen molar-refractivity contribution < 1.29 is 14.3 Å². The number of ether oxygens (including phenoxy) is 1. The highest BCUT2D eigenvalue weighted by molar-refractivity contribution is 7.20. The molecule has 1 unspecified atom stereocenters. The molecule has 0 bridgehead atoms. The molecule has 1 amide bonds. The minimum Gasteiger partial charge on any atom is -0.462 e. The number of aryl methyl sites for hydroxylation is 1. The van der Waals surface area contributed by atoms with Crippen LogP contribution in [-0.4, -0.2) is 38.2 Å². The minimum absolute atomic E-state index is 0.208. The van der Waals surface area contributed by atoms with Crippen LogP contribution in [0.3, 0.4) is 0 Å². The molecular formula is C19H23N5O4S2. The van der Waals surface area contributed by atoms with Gasteiger partial charge in [-0.1, -0.05) is 32.1 Å². The second kappa shape index (κ2) is 9.00. The van der Waals surface area contributed by atoms with E-state index in [0.29, 0.717) is 32.2 Å². The van der Waals surface area contributed by atoms with Gasteiger partial charge in [-0.15, -0.1) is 21.5 Å². The van der Waals surface area contributed by atoms with Crippen molar-refractivity contribution >= 4 is 49.9 Å². The number of aromatic nitrogens is 4. The van der Waals surface area contributed by atoms with Crippen molar-refractivity contribution in [3.63, 3.8) is 0 Å². The number of nitrogens with zero attached hydrogens (tertiary/aromatic N) is 4. The fraction of sp³-hybridized carbons (Fsp3) is 0.474. The third kappa shape index (κ3) is 4.12. The van der Waals surface area contributed by atoms with Crippen molar-refractivity contribution in [1.82, 2.24) is 19.7 Å². The predicted octanol–water partition coefficient (Wildman–Crippen LogP) is 3.51. The molecule has 0 aliphatic heterocycles. The number of nitrogens with one attached hydrogen (secondary N) is 1. The van der Waals surface area contributed by atoms with Crippen LogP contribution in [0.4, 0.5) is 5.13 Å². The molecule has 1 atom stereocenters. The van der Waals surface area contributed by atoms with E-state index in [2.05, 4.69) is 20.5 Å². The molecule has 3 aromatic rings. The van der Waals surface area contributed by atoms with E-state index < -0.39 is 12.0 Å². The number of fused-ring (bicyclic) bond motifs is 1. The molecule has 0 saturated heterocycles. The Balaban J connectivity index is 1.95. The summed E-state index contributed by atoms with van der Waals surface area (Å²) >= 11 is 2.42. The molecule has 3 rings (SSSR count). The maximum absolute atomic E-state index is 13.2. The Morgan fingerprint density at radius 2 is 1.97 bits per heavy atom. The van der Waals surface area contributed by atoms with Crippen LogP contribution in [0.2, 0.25) is 0 Å². The lowest BCUT2D eigenvalue weighted by Crippen LogP contribution is -2.33. The van der Waals surface area contributed by atoms with Gasteiger partial charge in [0.25, 0.3) is 5.56 Å². The van der Waals surface area contributed by atoms with Gasteiger partial charge in [0.05, 0.1) is 18.3 Å². The first-order valence-electron chi connectivity index (χ1n) is 9.60. The van der Waals surface area contributed by atoms with E-state index in [9.17, 15) is 14.4 Å². The normalized spacial score (nSPS) is 12.3. The molecule has 1 N–H and O–H groups in total. The van der Waals surface area contributed by atoms with E-state index in [1.54, 1.807) is 13.8 Å². The molecular weight excluding hydrogens is 426 g/mol. The summed E-state index contributed by atoms with van der Waals surface area (Å²) in [5.74, 6) is -0.642. The SMILES string of the molecule is CCOC(=O)c1sc2ncn(C(CC)C(=O)Nc3nnc(C(C)C)s3)c(=O)c2c1C. The van der Waals surface area contributed by atoms with Crippen molar-refractivity contribution in [2.45, 2.75) is 53.0 Å². The summed E-state index contributed by atoms with van der Waals surface area (Å²) in [6.45, 7) is 9.45. The highest BCUT2D eigenvalue weighted by Gasteiger charge is 2.25. The summed E-state index contributed by atoms with van der Waals surface area (Å²) in [6.07, 6.45) is 1.73. The van der Waals surface area contributed by atoms with Crippen molar-refractivity contribution in [3.8, 4) is 0 Å². The van der Waals surface area contributed by atoms with Gasteiger partial charge in [-0.2, -0.15) is 0 Å². The molecule has 30 heavy (non-hydrogen) atoms.